The van der Waals surface area contributed by atoms with Crippen LogP contribution in [-0.4, -0.2) is 7.11 Å². The SMILES string of the molecule is COC(CCCc1ccccc1)c1cccc(Oc2ccccc2)c1. The van der Waals surface area contributed by atoms with Gasteiger partial charge in [-0.2, -0.15) is 0 Å². The number of rotatable bonds is 8. The Labute approximate surface area is 150 Å². The first-order valence-corrected chi connectivity index (χ1v) is 8.75. The lowest BCUT2D eigenvalue weighted by molar-refractivity contribution is 0.0937. The molecule has 3 aromatic carbocycles. The predicted octanol–water partition coefficient (Wildman–Crippen LogP) is 6.19. The van der Waals surface area contributed by atoms with Crippen molar-refractivity contribution < 1.29 is 9.47 Å². The lowest BCUT2D eigenvalue weighted by Crippen LogP contribution is -2.02. The summed E-state index contributed by atoms with van der Waals surface area (Å²) in [7, 11) is 1.78. The summed E-state index contributed by atoms with van der Waals surface area (Å²) >= 11 is 0. The fourth-order valence-corrected chi connectivity index (χ4v) is 2.96. The van der Waals surface area contributed by atoms with E-state index in [1.807, 2.05) is 42.5 Å². The van der Waals surface area contributed by atoms with Crippen molar-refractivity contribution in [2.45, 2.75) is 25.4 Å². The number of para-hydroxylation sites is 1. The number of hydrogen-bond donors (Lipinski definition) is 0. The van der Waals surface area contributed by atoms with Crippen molar-refractivity contribution in [3.05, 3.63) is 96.1 Å². The molecule has 0 saturated heterocycles. The van der Waals surface area contributed by atoms with Gasteiger partial charge in [-0.05, 0) is 54.7 Å². The molecule has 2 heteroatoms. The standard InChI is InChI=1S/C23H24O2/c1-24-23(17-8-12-19-10-4-2-5-11-19)20-13-9-16-22(18-20)25-21-14-6-3-7-15-21/h2-7,9-11,13-16,18,23H,8,12,17H2,1H3. The van der Waals surface area contributed by atoms with E-state index in [0.29, 0.717) is 0 Å². The highest BCUT2D eigenvalue weighted by Crippen LogP contribution is 2.28. The van der Waals surface area contributed by atoms with E-state index < -0.39 is 0 Å². The van der Waals surface area contributed by atoms with E-state index in [0.717, 1.165) is 36.3 Å². The fourth-order valence-electron chi connectivity index (χ4n) is 2.96. The average Bonchev–Trinajstić information content (AvgIpc) is 2.67. The molecule has 0 spiro atoms. The summed E-state index contributed by atoms with van der Waals surface area (Å²) < 4.78 is 11.7. The zero-order chi connectivity index (χ0) is 17.3. The van der Waals surface area contributed by atoms with Gasteiger partial charge >= 0.3 is 0 Å². The molecule has 0 fully saturated rings. The van der Waals surface area contributed by atoms with Gasteiger partial charge in [0.05, 0.1) is 6.10 Å². The van der Waals surface area contributed by atoms with Crippen molar-refractivity contribution in [3.8, 4) is 11.5 Å². The van der Waals surface area contributed by atoms with Gasteiger partial charge in [-0.15, -0.1) is 0 Å². The summed E-state index contributed by atoms with van der Waals surface area (Å²) in [6, 6.07) is 28.6. The Kier molecular flexibility index (Phi) is 6.24. The lowest BCUT2D eigenvalue weighted by atomic mass is 10.0. The zero-order valence-electron chi connectivity index (χ0n) is 14.6. The number of hydrogen-bond acceptors (Lipinski definition) is 2. The number of ether oxygens (including phenoxy) is 2. The molecule has 0 aliphatic heterocycles. The van der Waals surface area contributed by atoms with Gasteiger partial charge in [0, 0.05) is 7.11 Å². The van der Waals surface area contributed by atoms with Crippen LogP contribution in [0.3, 0.4) is 0 Å². The minimum atomic E-state index is 0.0861. The zero-order valence-corrected chi connectivity index (χ0v) is 14.6. The van der Waals surface area contributed by atoms with Crippen LogP contribution >= 0.6 is 0 Å². The molecule has 0 amide bonds. The van der Waals surface area contributed by atoms with Gasteiger partial charge in [-0.25, -0.2) is 0 Å². The second-order valence-electron chi connectivity index (χ2n) is 6.09. The molecule has 0 aromatic heterocycles. The van der Waals surface area contributed by atoms with Crippen LogP contribution in [0.1, 0.15) is 30.1 Å². The van der Waals surface area contributed by atoms with E-state index in [-0.39, 0.29) is 6.10 Å². The number of benzene rings is 3. The summed E-state index contributed by atoms with van der Waals surface area (Å²) in [5.41, 5.74) is 2.53. The van der Waals surface area contributed by atoms with E-state index in [4.69, 9.17) is 9.47 Å². The second-order valence-corrected chi connectivity index (χ2v) is 6.09. The molecule has 1 atom stereocenters. The third-order valence-electron chi connectivity index (χ3n) is 4.27. The second kappa shape index (κ2) is 9.05. The van der Waals surface area contributed by atoms with Gasteiger partial charge in [0.15, 0.2) is 0 Å². The molecule has 128 valence electrons. The van der Waals surface area contributed by atoms with Crippen molar-refractivity contribution in [1.82, 2.24) is 0 Å². The van der Waals surface area contributed by atoms with Gasteiger partial charge in [0.1, 0.15) is 11.5 Å². The van der Waals surface area contributed by atoms with Gasteiger partial charge in [-0.1, -0.05) is 60.7 Å². The topological polar surface area (TPSA) is 18.5 Å². The van der Waals surface area contributed by atoms with E-state index in [9.17, 15) is 0 Å². The van der Waals surface area contributed by atoms with Crippen LogP contribution in [0.25, 0.3) is 0 Å². The first-order valence-electron chi connectivity index (χ1n) is 8.75. The fraction of sp³-hybridized carbons (Fsp3) is 0.217. The molecule has 0 radical (unpaired) electrons. The molecule has 0 bridgehead atoms. The van der Waals surface area contributed by atoms with Crippen molar-refractivity contribution in [3.63, 3.8) is 0 Å². The van der Waals surface area contributed by atoms with Crippen LogP contribution in [0.15, 0.2) is 84.9 Å². The first-order chi connectivity index (χ1) is 12.3. The number of methoxy groups -OCH3 is 1. The normalized spacial score (nSPS) is 11.9. The molecule has 0 aliphatic rings. The van der Waals surface area contributed by atoms with Crippen LogP contribution < -0.4 is 4.74 Å². The molecule has 0 aliphatic carbocycles. The minimum Gasteiger partial charge on any atom is -0.457 e. The van der Waals surface area contributed by atoms with E-state index in [1.165, 1.54) is 5.56 Å². The molecule has 0 saturated carbocycles. The largest absolute Gasteiger partial charge is 0.457 e. The molecule has 3 aromatic rings. The molecule has 0 N–H and O–H groups in total. The Morgan fingerprint density at radius 1 is 0.760 bits per heavy atom. The lowest BCUT2D eigenvalue weighted by Gasteiger charge is -2.17. The monoisotopic (exact) mass is 332 g/mol. The van der Waals surface area contributed by atoms with Crippen molar-refractivity contribution in [1.29, 1.82) is 0 Å². The van der Waals surface area contributed by atoms with Crippen LogP contribution in [0, 0.1) is 0 Å². The average molecular weight is 332 g/mol. The van der Waals surface area contributed by atoms with E-state index in [2.05, 4.69) is 42.5 Å². The summed E-state index contributed by atoms with van der Waals surface area (Å²) in [5.74, 6) is 1.69. The quantitative estimate of drug-likeness (QED) is 0.489. The highest BCUT2D eigenvalue weighted by atomic mass is 16.5. The molecular formula is C23H24O2. The predicted molar refractivity (Wildman–Crippen MR) is 102 cm³/mol. The molecule has 3 rings (SSSR count). The summed E-state index contributed by atoms with van der Waals surface area (Å²) in [6.45, 7) is 0. The molecule has 1 unspecified atom stereocenters. The first kappa shape index (κ1) is 17.2. The number of aryl methyl sites for hydroxylation is 1. The van der Waals surface area contributed by atoms with Crippen molar-refractivity contribution >= 4 is 0 Å². The Hall–Kier alpha value is -2.58. The smallest absolute Gasteiger partial charge is 0.127 e. The molecule has 2 nitrogen and oxygen atoms in total. The van der Waals surface area contributed by atoms with Crippen LogP contribution in [0.2, 0.25) is 0 Å². The third-order valence-corrected chi connectivity index (χ3v) is 4.27. The highest BCUT2D eigenvalue weighted by molar-refractivity contribution is 5.34. The molecular weight excluding hydrogens is 308 g/mol. The van der Waals surface area contributed by atoms with Crippen LogP contribution in [-0.2, 0) is 11.2 Å². The minimum absolute atomic E-state index is 0.0861. The highest BCUT2D eigenvalue weighted by Gasteiger charge is 2.11. The summed E-state index contributed by atoms with van der Waals surface area (Å²) in [6.07, 6.45) is 3.23. The van der Waals surface area contributed by atoms with Crippen molar-refractivity contribution in [2.75, 3.05) is 7.11 Å². The van der Waals surface area contributed by atoms with Gasteiger partial charge < -0.3 is 9.47 Å². The Morgan fingerprint density at radius 3 is 2.16 bits per heavy atom. The maximum atomic E-state index is 5.93. The van der Waals surface area contributed by atoms with Gasteiger partial charge in [0.2, 0.25) is 0 Å². The molecule has 25 heavy (non-hydrogen) atoms. The summed E-state index contributed by atoms with van der Waals surface area (Å²) in [5, 5.41) is 0. The Bertz CT molecular complexity index is 753. The van der Waals surface area contributed by atoms with Crippen LogP contribution in [0.5, 0.6) is 11.5 Å². The maximum Gasteiger partial charge on any atom is 0.127 e. The van der Waals surface area contributed by atoms with Gasteiger partial charge in [0.25, 0.3) is 0 Å². The van der Waals surface area contributed by atoms with Crippen molar-refractivity contribution in [2.24, 2.45) is 0 Å². The Balaban J connectivity index is 1.61. The third kappa shape index (κ3) is 5.20. The van der Waals surface area contributed by atoms with E-state index >= 15 is 0 Å². The van der Waals surface area contributed by atoms with Crippen LogP contribution in [0.4, 0.5) is 0 Å². The summed E-state index contributed by atoms with van der Waals surface area (Å²) in [4.78, 5) is 0. The van der Waals surface area contributed by atoms with E-state index in [1.54, 1.807) is 7.11 Å². The molecule has 0 heterocycles. The Morgan fingerprint density at radius 2 is 1.44 bits per heavy atom. The maximum absolute atomic E-state index is 5.93. The van der Waals surface area contributed by atoms with Gasteiger partial charge in [-0.3, -0.25) is 0 Å².